The van der Waals surface area contributed by atoms with Gasteiger partial charge in [0.25, 0.3) is 5.56 Å². The quantitative estimate of drug-likeness (QED) is 0.371. The second-order valence-electron chi connectivity index (χ2n) is 15.3. The normalized spacial score (nSPS) is 38.6. The van der Waals surface area contributed by atoms with E-state index in [4.69, 9.17) is 21.3 Å². The topological polar surface area (TPSA) is 96.7 Å². The first-order chi connectivity index (χ1) is 22.4. The standard InChI is InChI=1S/C34H48ClF3N4O4S/c1-18-13-23(29-28(39-18)25(17-47-29)32(44)45)22-14-20(35)6-7-26(22)46-12-11-41-19(2)40-30-24(31(41)43)15-21(16-33(30)8-9-33)42-10-4-3-5-27(42)34(36,37)38/h18,20-23,25-29,39H,3-17H2,1-2H3,(H,44,45)/t18?,20?,21-,22?,23?,25?,26?,27+,28?,29?/m0/s1. The Morgan fingerprint density at radius 1 is 1.19 bits per heavy atom. The number of alkyl halides is 4. The molecule has 0 radical (unpaired) electrons. The number of nitrogens with zero attached hydrogens (tertiary/aromatic N) is 3. The van der Waals surface area contributed by atoms with E-state index in [1.54, 1.807) is 21.2 Å². The molecule has 4 heterocycles. The molecular weight excluding hydrogens is 653 g/mol. The summed E-state index contributed by atoms with van der Waals surface area (Å²) in [6.45, 7) is 5.05. The molecule has 3 aliphatic carbocycles. The number of nitrogens with one attached hydrogen (secondary N) is 1. The molecule has 0 aromatic carbocycles. The van der Waals surface area contributed by atoms with E-state index in [0.717, 1.165) is 50.6 Å². The Hall–Kier alpha value is -1.34. The molecule has 13 heteroatoms. The van der Waals surface area contributed by atoms with Crippen molar-refractivity contribution in [3.63, 3.8) is 0 Å². The van der Waals surface area contributed by atoms with Crippen molar-refractivity contribution >= 4 is 29.3 Å². The van der Waals surface area contributed by atoms with Crippen LogP contribution in [0.3, 0.4) is 0 Å². The van der Waals surface area contributed by atoms with Gasteiger partial charge in [0.05, 0.1) is 30.9 Å². The molecule has 262 valence electrons. The Bertz CT molecular complexity index is 1410. The number of thioether (sulfide) groups is 1. The maximum Gasteiger partial charge on any atom is 0.404 e. The van der Waals surface area contributed by atoms with Crippen LogP contribution in [0.2, 0.25) is 0 Å². The van der Waals surface area contributed by atoms with Crippen LogP contribution in [0.15, 0.2) is 4.79 Å². The van der Waals surface area contributed by atoms with Gasteiger partial charge in [-0.05, 0) is 96.4 Å². The number of likely N-dealkylation sites (tertiary alicyclic amines) is 1. The Morgan fingerprint density at radius 3 is 2.70 bits per heavy atom. The first-order valence-corrected chi connectivity index (χ1v) is 19.1. The smallest absolute Gasteiger partial charge is 0.404 e. The van der Waals surface area contributed by atoms with Crippen molar-refractivity contribution in [3.8, 4) is 0 Å². The molecule has 1 spiro atoms. The molecule has 8 unspecified atom stereocenters. The second kappa shape index (κ2) is 13.1. The zero-order valence-corrected chi connectivity index (χ0v) is 28.9. The van der Waals surface area contributed by atoms with Crippen LogP contribution in [0.4, 0.5) is 13.2 Å². The lowest BCUT2D eigenvalue weighted by atomic mass is 9.70. The summed E-state index contributed by atoms with van der Waals surface area (Å²) >= 11 is 8.49. The maximum absolute atomic E-state index is 14.1. The van der Waals surface area contributed by atoms with Crippen LogP contribution < -0.4 is 10.9 Å². The summed E-state index contributed by atoms with van der Waals surface area (Å²) in [5, 5.41) is 13.7. The van der Waals surface area contributed by atoms with Crippen LogP contribution >= 0.6 is 23.4 Å². The van der Waals surface area contributed by atoms with Crippen molar-refractivity contribution in [2.24, 2.45) is 17.8 Å². The third-order valence-electron chi connectivity index (χ3n) is 12.3. The minimum atomic E-state index is -4.28. The number of carbonyl (C=O) groups is 1. The van der Waals surface area contributed by atoms with Crippen molar-refractivity contribution in [2.45, 2.75) is 144 Å². The Kier molecular flexibility index (Phi) is 9.50. The number of fused-ring (bicyclic) bond motifs is 3. The highest BCUT2D eigenvalue weighted by atomic mass is 35.5. The van der Waals surface area contributed by atoms with Gasteiger partial charge in [0.2, 0.25) is 0 Å². The number of halogens is 4. The molecular formula is C34H48ClF3N4O4S. The number of aliphatic carboxylic acids is 1. The van der Waals surface area contributed by atoms with Gasteiger partial charge < -0.3 is 15.2 Å². The number of carboxylic acids is 1. The largest absolute Gasteiger partial charge is 0.481 e. The van der Waals surface area contributed by atoms with Gasteiger partial charge in [-0.2, -0.15) is 24.9 Å². The molecule has 6 aliphatic rings. The zero-order chi connectivity index (χ0) is 33.2. The van der Waals surface area contributed by atoms with Crippen LogP contribution in [-0.4, -0.2) is 91.5 Å². The molecule has 2 N–H and O–H groups in total. The summed E-state index contributed by atoms with van der Waals surface area (Å²) in [6.07, 6.45) is 3.25. The lowest BCUT2D eigenvalue weighted by Gasteiger charge is -2.47. The van der Waals surface area contributed by atoms with Crippen LogP contribution in [0.5, 0.6) is 0 Å². The second-order valence-corrected chi connectivity index (χ2v) is 17.1. The summed E-state index contributed by atoms with van der Waals surface area (Å²) in [5.74, 6) is 0.574. The van der Waals surface area contributed by atoms with Gasteiger partial charge in [-0.1, -0.05) is 6.42 Å². The number of carboxylic acid groups (broad SMARTS) is 1. The Morgan fingerprint density at radius 2 is 1.98 bits per heavy atom. The van der Waals surface area contributed by atoms with Gasteiger partial charge in [-0.25, -0.2) is 4.98 Å². The fraction of sp³-hybridized carbons (Fsp3) is 0.853. The number of aryl methyl sites for hydroxylation is 1. The molecule has 5 fully saturated rings. The first kappa shape index (κ1) is 34.1. The van der Waals surface area contributed by atoms with Crippen LogP contribution in [0, 0.1) is 24.7 Å². The fourth-order valence-corrected chi connectivity index (χ4v) is 12.1. The van der Waals surface area contributed by atoms with E-state index >= 15 is 0 Å². The number of hydrogen-bond donors (Lipinski definition) is 2. The number of hydrogen-bond acceptors (Lipinski definition) is 7. The van der Waals surface area contributed by atoms with Gasteiger partial charge in [0, 0.05) is 45.5 Å². The van der Waals surface area contributed by atoms with Gasteiger partial charge >= 0.3 is 12.1 Å². The SMILES string of the molecule is Cc1nc2c(c(=O)n1CCOC1CCC(Cl)CC1C1CC(C)NC3C(C(=O)O)CSC13)C[C@H](N1CCCC[C@@H]1C(F)(F)F)CC21CC1. The zero-order valence-electron chi connectivity index (χ0n) is 27.3. The number of ether oxygens (including phenoxy) is 1. The predicted octanol–water partition coefficient (Wildman–Crippen LogP) is 5.29. The summed E-state index contributed by atoms with van der Waals surface area (Å²) < 4.78 is 50.5. The maximum atomic E-state index is 14.1. The summed E-state index contributed by atoms with van der Waals surface area (Å²) in [7, 11) is 0. The van der Waals surface area contributed by atoms with Crippen LogP contribution in [-0.2, 0) is 27.9 Å². The highest BCUT2D eigenvalue weighted by molar-refractivity contribution is 8.00. The summed E-state index contributed by atoms with van der Waals surface area (Å²) in [4.78, 5) is 32.7. The van der Waals surface area contributed by atoms with E-state index in [2.05, 4.69) is 12.2 Å². The van der Waals surface area contributed by atoms with E-state index in [1.807, 2.05) is 6.92 Å². The molecule has 2 saturated carbocycles. The number of piperidine rings is 2. The van der Waals surface area contributed by atoms with Gasteiger partial charge in [-0.15, -0.1) is 11.6 Å². The van der Waals surface area contributed by atoms with E-state index < -0.39 is 24.1 Å². The molecule has 8 nitrogen and oxygen atoms in total. The Balaban J connectivity index is 1.08. The van der Waals surface area contributed by atoms with Crippen LogP contribution in [0.1, 0.15) is 88.2 Å². The van der Waals surface area contributed by atoms with Gasteiger partial charge in [-0.3, -0.25) is 19.1 Å². The average Bonchev–Trinajstić information content (AvgIpc) is 3.65. The molecule has 7 rings (SSSR count). The number of rotatable bonds is 7. The molecule has 1 aromatic heterocycles. The van der Waals surface area contributed by atoms with Crippen LogP contribution in [0.25, 0.3) is 0 Å². The third-order valence-corrected chi connectivity index (χ3v) is 14.3. The first-order valence-electron chi connectivity index (χ1n) is 17.7. The highest BCUT2D eigenvalue weighted by Gasteiger charge is 2.56. The minimum absolute atomic E-state index is 0.0375. The van der Waals surface area contributed by atoms with E-state index in [-0.39, 0.29) is 64.1 Å². The van der Waals surface area contributed by atoms with Gasteiger partial charge in [0.1, 0.15) is 11.9 Å². The summed E-state index contributed by atoms with van der Waals surface area (Å²) in [6, 6.07) is -1.62. The van der Waals surface area contributed by atoms with E-state index in [0.29, 0.717) is 56.1 Å². The minimum Gasteiger partial charge on any atom is -0.481 e. The lowest BCUT2D eigenvalue weighted by Crippen LogP contribution is -2.57. The molecule has 3 aliphatic heterocycles. The van der Waals surface area contributed by atoms with E-state index in [1.165, 1.54) is 0 Å². The third kappa shape index (κ3) is 6.52. The highest BCUT2D eigenvalue weighted by Crippen LogP contribution is 2.55. The van der Waals surface area contributed by atoms with Crippen molar-refractivity contribution in [1.82, 2.24) is 19.8 Å². The fourth-order valence-electron chi connectivity index (χ4n) is 9.92. The average molecular weight is 701 g/mol. The van der Waals surface area contributed by atoms with Crippen molar-refractivity contribution in [3.05, 3.63) is 27.4 Å². The molecule has 0 amide bonds. The lowest BCUT2D eigenvalue weighted by molar-refractivity contribution is -0.198. The molecule has 10 atom stereocenters. The molecule has 3 saturated heterocycles. The molecule has 1 aromatic rings. The summed E-state index contributed by atoms with van der Waals surface area (Å²) in [5.41, 5.74) is 1.00. The molecule has 0 bridgehead atoms. The van der Waals surface area contributed by atoms with Gasteiger partial charge in [0.15, 0.2) is 0 Å². The number of aromatic nitrogens is 2. The Labute approximate surface area is 283 Å². The van der Waals surface area contributed by atoms with Crippen molar-refractivity contribution in [2.75, 3.05) is 18.9 Å². The van der Waals surface area contributed by atoms with Crippen molar-refractivity contribution in [1.29, 1.82) is 0 Å². The van der Waals surface area contributed by atoms with E-state index in [9.17, 15) is 27.9 Å². The van der Waals surface area contributed by atoms with Crippen molar-refractivity contribution < 1.29 is 27.8 Å². The molecule has 47 heavy (non-hydrogen) atoms. The predicted molar refractivity (Wildman–Crippen MR) is 175 cm³/mol. The monoisotopic (exact) mass is 700 g/mol.